The smallest absolute Gasteiger partial charge is 0.227 e. The number of fused-ring (bicyclic) bond motifs is 1. The van der Waals surface area contributed by atoms with E-state index in [1.807, 2.05) is 29.2 Å². The lowest BCUT2D eigenvalue weighted by molar-refractivity contribution is -0.118. The second kappa shape index (κ2) is 6.83. The summed E-state index contributed by atoms with van der Waals surface area (Å²) in [4.78, 5) is 14.5. The van der Waals surface area contributed by atoms with Crippen molar-refractivity contribution in [2.24, 2.45) is 0 Å². The van der Waals surface area contributed by atoms with Gasteiger partial charge in [0.05, 0.1) is 19.9 Å². The van der Waals surface area contributed by atoms with Gasteiger partial charge in [0.2, 0.25) is 5.91 Å². The molecule has 2 N–H and O–H groups in total. The Hall–Kier alpha value is -2.69. The zero-order valence-corrected chi connectivity index (χ0v) is 14.0. The highest BCUT2D eigenvalue weighted by molar-refractivity contribution is 5.95. The number of carbonyl (C=O) groups excluding carboxylic acids is 1. The fourth-order valence-electron chi connectivity index (χ4n) is 3.16. The number of para-hydroxylation sites is 1. The second-order valence-corrected chi connectivity index (χ2v) is 5.83. The largest absolute Gasteiger partial charge is 0.496 e. The summed E-state index contributed by atoms with van der Waals surface area (Å²) in [6.07, 6.45) is 1.91. The summed E-state index contributed by atoms with van der Waals surface area (Å²) in [5, 5.41) is 0. The third-order valence-corrected chi connectivity index (χ3v) is 4.43. The van der Waals surface area contributed by atoms with Crippen LogP contribution in [0.15, 0.2) is 36.4 Å². The van der Waals surface area contributed by atoms with Gasteiger partial charge < -0.3 is 20.1 Å². The summed E-state index contributed by atoms with van der Waals surface area (Å²) in [7, 11) is 3.17. The van der Waals surface area contributed by atoms with Crippen LogP contribution in [0.25, 0.3) is 0 Å². The van der Waals surface area contributed by atoms with Crippen molar-refractivity contribution in [3.63, 3.8) is 0 Å². The molecule has 0 aromatic heterocycles. The number of nitrogens with two attached hydrogens (primary N) is 1. The minimum absolute atomic E-state index is 0.122. The number of methoxy groups -OCH3 is 2. The van der Waals surface area contributed by atoms with Gasteiger partial charge in [-0.15, -0.1) is 0 Å². The first kappa shape index (κ1) is 16.2. The van der Waals surface area contributed by atoms with Gasteiger partial charge in [-0.1, -0.05) is 18.2 Å². The molecule has 0 atom stereocenters. The minimum Gasteiger partial charge on any atom is -0.496 e. The van der Waals surface area contributed by atoms with Gasteiger partial charge in [-0.05, 0) is 36.1 Å². The van der Waals surface area contributed by atoms with E-state index in [1.165, 1.54) is 5.56 Å². The summed E-state index contributed by atoms with van der Waals surface area (Å²) < 4.78 is 10.6. The molecule has 24 heavy (non-hydrogen) atoms. The van der Waals surface area contributed by atoms with Crippen LogP contribution >= 0.6 is 0 Å². The Morgan fingerprint density at radius 2 is 1.92 bits per heavy atom. The zero-order chi connectivity index (χ0) is 17.1. The number of hydrogen-bond donors (Lipinski definition) is 1. The number of benzene rings is 2. The molecule has 126 valence electrons. The molecule has 0 saturated heterocycles. The minimum atomic E-state index is 0.122. The SMILES string of the molecule is COc1cc(OC)c(CCC(=O)N2CCc3ccccc32)cc1N. The van der Waals surface area contributed by atoms with Crippen LogP contribution in [0, 0.1) is 0 Å². The van der Waals surface area contributed by atoms with E-state index in [9.17, 15) is 4.79 Å². The van der Waals surface area contributed by atoms with Gasteiger partial charge >= 0.3 is 0 Å². The van der Waals surface area contributed by atoms with Gasteiger partial charge in [-0.25, -0.2) is 0 Å². The number of aryl methyl sites for hydroxylation is 1. The number of nitrogen functional groups attached to an aromatic ring is 1. The normalized spacial score (nSPS) is 12.8. The van der Waals surface area contributed by atoms with Crippen LogP contribution in [0.4, 0.5) is 11.4 Å². The maximum atomic E-state index is 12.6. The van der Waals surface area contributed by atoms with Crippen molar-refractivity contribution in [1.82, 2.24) is 0 Å². The highest BCUT2D eigenvalue weighted by Gasteiger charge is 2.24. The molecule has 1 aliphatic rings. The van der Waals surface area contributed by atoms with Gasteiger partial charge in [0.25, 0.3) is 0 Å². The van der Waals surface area contributed by atoms with E-state index in [-0.39, 0.29) is 5.91 Å². The standard InChI is InChI=1S/C19H22N2O3/c1-23-17-12-18(24-2)15(20)11-14(17)7-8-19(22)21-10-9-13-5-3-4-6-16(13)21/h3-6,11-12H,7-10,20H2,1-2H3. The molecular formula is C19H22N2O3. The Balaban J connectivity index is 1.72. The third-order valence-electron chi connectivity index (χ3n) is 4.43. The molecule has 2 aromatic carbocycles. The summed E-state index contributed by atoms with van der Waals surface area (Å²) in [6.45, 7) is 0.750. The molecule has 0 bridgehead atoms. The van der Waals surface area contributed by atoms with Crippen LogP contribution in [0.5, 0.6) is 11.5 Å². The van der Waals surface area contributed by atoms with Crippen molar-refractivity contribution < 1.29 is 14.3 Å². The molecule has 0 unspecified atom stereocenters. The van der Waals surface area contributed by atoms with E-state index in [0.29, 0.717) is 30.0 Å². The Morgan fingerprint density at radius 1 is 1.17 bits per heavy atom. The van der Waals surface area contributed by atoms with Gasteiger partial charge in [0, 0.05) is 24.7 Å². The number of carbonyl (C=O) groups is 1. The van der Waals surface area contributed by atoms with Crippen molar-refractivity contribution in [3.05, 3.63) is 47.5 Å². The van der Waals surface area contributed by atoms with Crippen LogP contribution in [-0.2, 0) is 17.6 Å². The Labute approximate surface area is 142 Å². The van der Waals surface area contributed by atoms with Gasteiger partial charge in [-0.2, -0.15) is 0 Å². The van der Waals surface area contributed by atoms with Crippen molar-refractivity contribution in [2.45, 2.75) is 19.3 Å². The third kappa shape index (κ3) is 3.02. The lowest BCUT2D eigenvalue weighted by Gasteiger charge is -2.18. The highest BCUT2D eigenvalue weighted by Crippen LogP contribution is 2.32. The molecule has 0 aliphatic carbocycles. The van der Waals surface area contributed by atoms with E-state index in [4.69, 9.17) is 15.2 Å². The number of anilines is 2. The Bertz CT molecular complexity index is 758. The van der Waals surface area contributed by atoms with Crippen LogP contribution in [0.2, 0.25) is 0 Å². The number of nitrogens with zero attached hydrogens (tertiary/aromatic N) is 1. The summed E-state index contributed by atoms with van der Waals surface area (Å²) in [6, 6.07) is 11.7. The predicted octanol–water partition coefficient (Wildman–Crippen LogP) is 2.81. The fourth-order valence-corrected chi connectivity index (χ4v) is 3.16. The van der Waals surface area contributed by atoms with Crippen molar-refractivity contribution in [3.8, 4) is 11.5 Å². The maximum absolute atomic E-state index is 12.6. The fraction of sp³-hybridized carbons (Fsp3) is 0.316. The molecule has 1 heterocycles. The molecule has 1 aliphatic heterocycles. The van der Waals surface area contributed by atoms with Gasteiger partial charge in [0.1, 0.15) is 11.5 Å². The highest BCUT2D eigenvalue weighted by atomic mass is 16.5. The monoisotopic (exact) mass is 326 g/mol. The number of rotatable bonds is 5. The predicted molar refractivity (Wildman–Crippen MR) is 94.8 cm³/mol. The average Bonchev–Trinajstić information content (AvgIpc) is 3.04. The van der Waals surface area contributed by atoms with E-state index in [2.05, 4.69) is 6.07 Å². The number of amides is 1. The van der Waals surface area contributed by atoms with E-state index in [1.54, 1.807) is 20.3 Å². The molecule has 0 radical (unpaired) electrons. The van der Waals surface area contributed by atoms with Gasteiger partial charge in [-0.3, -0.25) is 4.79 Å². The summed E-state index contributed by atoms with van der Waals surface area (Å²) in [5.41, 5.74) is 9.70. The van der Waals surface area contributed by atoms with Crippen molar-refractivity contribution >= 4 is 17.3 Å². The lowest BCUT2D eigenvalue weighted by Crippen LogP contribution is -2.29. The van der Waals surface area contributed by atoms with Gasteiger partial charge in [0.15, 0.2) is 0 Å². The molecule has 5 heteroatoms. The Morgan fingerprint density at radius 3 is 2.67 bits per heavy atom. The Kier molecular flexibility index (Phi) is 4.60. The van der Waals surface area contributed by atoms with E-state index < -0.39 is 0 Å². The molecule has 0 fully saturated rings. The van der Waals surface area contributed by atoms with Crippen LogP contribution in [0.1, 0.15) is 17.5 Å². The first-order valence-corrected chi connectivity index (χ1v) is 8.02. The maximum Gasteiger partial charge on any atom is 0.227 e. The van der Waals surface area contributed by atoms with E-state index >= 15 is 0 Å². The topological polar surface area (TPSA) is 64.8 Å². The van der Waals surface area contributed by atoms with Crippen molar-refractivity contribution in [1.29, 1.82) is 0 Å². The van der Waals surface area contributed by atoms with E-state index in [0.717, 1.165) is 24.2 Å². The molecule has 2 aromatic rings. The lowest BCUT2D eigenvalue weighted by atomic mass is 10.1. The molecule has 3 rings (SSSR count). The molecule has 0 spiro atoms. The molecular weight excluding hydrogens is 304 g/mol. The summed E-state index contributed by atoms with van der Waals surface area (Å²) >= 11 is 0. The van der Waals surface area contributed by atoms with Crippen molar-refractivity contribution in [2.75, 3.05) is 31.4 Å². The quantitative estimate of drug-likeness (QED) is 0.858. The zero-order valence-electron chi connectivity index (χ0n) is 14.0. The number of hydrogen-bond acceptors (Lipinski definition) is 4. The molecule has 1 amide bonds. The van der Waals surface area contributed by atoms with Crippen LogP contribution in [0.3, 0.4) is 0 Å². The molecule has 0 saturated carbocycles. The average molecular weight is 326 g/mol. The second-order valence-electron chi connectivity index (χ2n) is 5.83. The molecule has 5 nitrogen and oxygen atoms in total. The van der Waals surface area contributed by atoms with Crippen LogP contribution in [-0.4, -0.2) is 26.7 Å². The first-order chi connectivity index (χ1) is 11.6. The summed E-state index contributed by atoms with van der Waals surface area (Å²) in [5.74, 6) is 1.39. The first-order valence-electron chi connectivity index (χ1n) is 8.02. The van der Waals surface area contributed by atoms with Crippen LogP contribution < -0.4 is 20.1 Å². The number of ether oxygens (including phenoxy) is 2.